The van der Waals surface area contributed by atoms with E-state index in [-0.39, 0.29) is 76.5 Å². The number of rotatable bonds is 7. The molecule has 2 fully saturated rings. The third kappa shape index (κ3) is 6.41. The van der Waals surface area contributed by atoms with Crippen LogP contribution in [0.3, 0.4) is 0 Å². The van der Waals surface area contributed by atoms with Gasteiger partial charge in [-0.15, -0.1) is 5.10 Å². The molecule has 2 aromatic carbocycles. The van der Waals surface area contributed by atoms with E-state index in [9.17, 15) is 32.7 Å². The van der Waals surface area contributed by atoms with Crippen molar-refractivity contribution in [2.45, 2.75) is 75.9 Å². The van der Waals surface area contributed by atoms with Crippen LogP contribution in [0.5, 0.6) is 5.75 Å². The van der Waals surface area contributed by atoms with Crippen molar-refractivity contribution in [2.75, 3.05) is 32.5 Å². The van der Waals surface area contributed by atoms with Gasteiger partial charge in [-0.05, 0) is 83.8 Å². The van der Waals surface area contributed by atoms with Gasteiger partial charge in [-0.25, -0.2) is 9.97 Å². The summed E-state index contributed by atoms with van der Waals surface area (Å²) in [5.41, 5.74) is -0.131. The number of carbonyl (C=O) groups excluding carboxylic acids is 2. The summed E-state index contributed by atoms with van der Waals surface area (Å²) in [7, 11) is 4.13. The van der Waals surface area contributed by atoms with E-state index in [4.69, 9.17) is 21.3 Å². The van der Waals surface area contributed by atoms with Crippen molar-refractivity contribution in [3.05, 3.63) is 97.9 Å². The zero-order valence-corrected chi connectivity index (χ0v) is 32.3. The van der Waals surface area contributed by atoms with Gasteiger partial charge in [0.2, 0.25) is 11.7 Å². The van der Waals surface area contributed by atoms with Crippen molar-refractivity contribution in [3.63, 3.8) is 0 Å². The fraction of sp³-hybridized carbons (Fsp3) is 0.410. The Morgan fingerprint density at radius 1 is 1.07 bits per heavy atom. The van der Waals surface area contributed by atoms with E-state index in [0.29, 0.717) is 11.3 Å². The zero-order valence-electron chi connectivity index (χ0n) is 31.5. The number of carbonyl (C=O) groups is 2. The maximum Gasteiger partial charge on any atom is 0.416 e. The first kappa shape index (κ1) is 38.5. The number of nitrogens with one attached hydrogen (secondary N) is 1. The van der Waals surface area contributed by atoms with E-state index in [1.807, 2.05) is 24.3 Å². The highest BCUT2D eigenvalue weighted by Crippen LogP contribution is 2.49. The van der Waals surface area contributed by atoms with Crippen molar-refractivity contribution in [1.82, 2.24) is 38.9 Å². The number of nitrogens with zero attached hydrogens (tertiary/aromatic N) is 8. The predicted octanol–water partition coefficient (Wildman–Crippen LogP) is 5.84. The Morgan fingerprint density at radius 2 is 1.77 bits per heavy atom. The monoisotopic (exact) mass is 805 g/mol. The van der Waals surface area contributed by atoms with Gasteiger partial charge in [0.1, 0.15) is 18.5 Å². The van der Waals surface area contributed by atoms with E-state index >= 15 is 0 Å². The summed E-state index contributed by atoms with van der Waals surface area (Å²) in [4.78, 5) is 58.3. The Kier molecular flexibility index (Phi) is 9.39. The van der Waals surface area contributed by atoms with Crippen LogP contribution in [0.15, 0.2) is 53.6 Å². The Morgan fingerprint density at radius 3 is 2.39 bits per heavy atom. The number of fused-ring (bicyclic) bond motifs is 3. The van der Waals surface area contributed by atoms with Crippen LogP contribution in [-0.4, -0.2) is 83.0 Å². The van der Waals surface area contributed by atoms with Gasteiger partial charge in [-0.1, -0.05) is 35.9 Å². The van der Waals surface area contributed by atoms with Gasteiger partial charge in [0.25, 0.3) is 11.5 Å². The van der Waals surface area contributed by atoms with Crippen LogP contribution in [0.25, 0.3) is 17.2 Å². The number of hydrogen-bond donors (Lipinski definition) is 2. The minimum atomic E-state index is -4.63. The molecule has 8 rings (SSSR count). The third-order valence-electron chi connectivity index (χ3n) is 11.7. The molecular weight excluding hydrogens is 767 g/mol. The quantitative estimate of drug-likeness (QED) is 0.205. The highest BCUT2D eigenvalue weighted by atomic mass is 35.5. The van der Waals surface area contributed by atoms with Crippen molar-refractivity contribution in [1.29, 1.82) is 0 Å². The lowest BCUT2D eigenvalue weighted by Crippen LogP contribution is -2.47. The van der Waals surface area contributed by atoms with Gasteiger partial charge in [0, 0.05) is 24.2 Å². The highest BCUT2D eigenvalue weighted by molar-refractivity contribution is 6.33. The predicted molar refractivity (Wildman–Crippen MR) is 202 cm³/mol. The number of amides is 2. The van der Waals surface area contributed by atoms with Gasteiger partial charge in [0.05, 0.1) is 39.3 Å². The topological polar surface area (TPSA) is 160 Å². The smallest absolute Gasteiger partial charge is 0.416 e. The molecule has 1 aliphatic carbocycles. The Balaban J connectivity index is 1.18. The fourth-order valence-corrected chi connectivity index (χ4v) is 8.66. The number of alkyl halides is 3. The minimum Gasteiger partial charge on any atom is -0.504 e. The van der Waals surface area contributed by atoms with Crippen LogP contribution >= 0.6 is 11.6 Å². The summed E-state index contributed by atoms with van der Waals surface area (Å²) in [6, 6.07) is 10.5. The largest absolute Gasteiger partial charge is 0.504 e. The average Bonchev–Trinajstić information content (AvgIpc) is 3.71. The summed E-state index contributed by atoms with van der Waals surface area (Å²) >= 11 is 6.18. The number of anilines is 1. The number of piperidine rings is 1. The molecule has 0 bridgehead atoms. The highest BCUT2D eigenvalue weighted by Gasteiger charge is 2.51. The molecule has 1 saturated heterocycles. The van der Waals surface area contributed by atoms with Crippen LogP contribution < -0.4 is 10.9 Å². The molecule has 2 amide bonds. The molecule has 5 aromatic rings. The Labute approximate surface area is 329 Å². The number of benzene rings is 2. The van der Waals surface area contributed by atoms with Crippen LogP contribution in [0.1, 0.15) is 83.7 Å². The normalized spacial score (nSPS) is 18.5. The van der Waals surface area contributed by atoms with Crippen LogP contribution in [0, 0.1) is 6.92 Å². The van der Waals surface area contributed by atoms with Crippen molar-refractivity contribution in [3.8, 4) is 17.1 Å². The minimum absolute atomic E-state index is 0.0321. The molecule has 2 N–H and O–H groups in total. The van der Waals surface area contributed by atoms with Gasteiger partial charge >= 0.3 is 6.18 Å². The molecule has 2 aliphatic heterocycles. The summed E-state index contributed by atoms with van der Waals surface area (Å²) in [5.74, 6) is -1.15. The lowest BCUT2D eigenvalue weighted by molar-refractivity contribution is -0.137. The Hall–Kier alpha value is -5.39. The molecule has 298 valence electrons. The molecule has 0 radical (unpaired) electrons. The standard InChI is InChI=1S/C39H39ClF3N9O5/c1-21-32(54)30(45-20-44-21)35(56)50-16-14-38(15-17-50)29-31(22(2)57-38)51(19-28(53)46-27-11-10-25(18-26(27)40)39(41,42)43)36-47-33(48-52(36)34(29)55)23-6-8-24(9-7-23)37(49(3)4)12-5-13-37/h6-11,18,20,22,54H,5,12-17,19H2,1-4H3,(H,46,53). The molecule has 1 unspecified atom stereocenters. The number of aryl methyl sites for hydroxylation is 1. The lowest BCUT2D eigenvalue weighted by atomic mass is 9.71. The molecular formula is C39H39ClF3N9O5. The zero-order chi connectivity index (χ0) is 40.6. The summed E-state index contributed by atoms with van der Waals surface area (Å²) in [5, 5.41) is 17.4. The molecule has 57 heavy (non-hydrogen) atoms. The number of ether oxygens (including phenoxy) is 1. The first-order valence-corrected chi connectivity index (χ1v) is 18.9. The van der Waals surface area contributed by atoms with Gasteiger partial charge in [0.15, 0.2) is 17.3 Å². The lowest BCUT2D eigenvalue weighted by Gasteiger charge is -2.48. The first-order chi connectivity index (χ1) is 27.0. The number of aromatic hydroxyl groups is 1. The van der Waals surface area contributed by atoms with Gasteiger partial charge in [-0.3, -0.25) is 19.3 Å². The Bertz CT molecular complexity index is 2490. The molecule has 18 heteroatoms. The van der Waals surface area contributed by atoms with E-state index in [2.05, 4.69) is 39.4 Å². The molecule has 14 nitrogen and oxygen atoms in total. The number of likely N-dealkylation sites (tertiary alicyclic amines) is 1. The van der Waals surface area contributed by atoms with Crippen LogP contribution in [-0.2, 0) is 33.4 Å². The SMILES string of the molecule is Cc1ncnc(C(=O)N2CCC3(CC2)OC(C)c2c3c(=O)n3nc(-c4ccc(C5(N(C)C)CCC5)cc4)nc3n2CC(=O)Nc2ccc(C(F)(F)F)cc2Cl)c1O. The maximum atomic E-state index is 14.6. The van der Waals surface area contributed by atoms with Crippen molar-refractivity contribution in [2.24, 2.45) is 0 Å². The van der Waals surface area contributed by atoms with Crippen molar-refractivity contribution < 1.29 is 32.6 Å². The van der Waals surface area contributed by atoms with E-state index < -0.39 is 47.4 Å². The molecule has 1 saturated carbocycles. The van der Waals surface area contributed by atoms with E-state index in [1.165, 1.54) is 11.2 Å². The molecule has 1 atom stereocenters. The third-order valence-corrected chi connectivity index (χ3v) is 12.0. The van der Waals surface area contributed by atoms with Crippen LogP contribution in [0.2, 0.25) is 5.02 Å². The number of hydrogen-bond acceptors (Lipinski definition) is 10. The summed E-state index contributed by atoms with van der Waals surface area (Å²) in [6.07, 6.45) is -0.543. The molecule has 3 aliphatic rings. The average molecular weight is 806 g/mol. The molecule has 5 heterocycles. The van der Waals surface area contributed by atoms with Crippen molar-refractivity contribution >= 4 is 34.9 Å². The van der Waals surface area contributed by atoms with Gasteiger partial charge in [-0.2, -0.15) is 22.7 Å². The second-order valence-corrected chi connectivity index (χ2v) is 15.5. The number of halogens is 4. The summed E-state index contributed by atoms with van der Waals surface area (Å²) < 4.78 is 49.3. The number of aromatic nitrogens is 6. The second kappa shape index (κ2) is 13.9. The summed E-state index contributed by atoms with van der Waals surface area (Å²) in [6.45, 7) is 3.20. The molecule has 1 spiro atoms. The van der Waals surface area contributed by atoms with E-state index in [0.717, 1.165) is 47.5 Å². The van der Waals surface area contributed by atoms with Crippen LogP contribution in [0.4, 0.5) is 18.9 Å². The maximum absolute atomic E-state index is 14.6. The second-order valence-electron chi connectivity index (χ2n) is 15.1. The van der Waals surface area contributed by atoms with E-state index in [1.54, 1.807) is 18.4 Å². The molecule has 3 aromatic heterocycles. The van der Waals surface area contributed by atoms with Gasteiger partial charge < -0.3 is 24.6 Å². The fourth-order valence-electron chi connectivity index (χ4n) is 8.43. The first-order valence-electron chi connectivity index (χ1n) is 18.5.